The second-order valence-electron chi connectivity index (χ2n) is 4.01. The Morgan fingerprint density at radius 1 is 1.20 bits per heavy atom. The first-order valence-corrected chi connectivity index (χ1v) is 5.85. The van der Waals surface area contributed by atoms with Crippen molar-refractivity contribution in [3.8, 4) is 11.5 Å². The van der Waals surface area contributed by atoms with Gasteiger partial charge in [0.1, 0.15) is 0 Å². The molecular weight excluding hydrogens is 258 g/mol. The predicted octanol–water partition coefficient (Wildman–Crippen LogP) is 2.85. The van der Waals surface area contributed by atoms with Gasteiger partial charge in [-0.25, -0.2) is 4.79 Å². The van der Waals surface area contributed by atoms with Gasteiger partial charge in [0.25, 0.3) is 0 Å². The highest BCUT2D eigenvalue weighted by molar-refractivity contribution is 5.89. The highest BCUT2D eigenvalue weighted by atomic mass is 16.5. The third-order valence-electron chi connectivity index (χ3n) is 2.72. The lowest BCUT2D eigenvalue weighted by atomic mass is 10.2. The topological polar surface area (TPSA) is 79.1 Å². The van der Waals surface area contributed by atoms with Gasteiger partial charge in [0.2, 0.25) is 0 Å². The average molecular weight is 271 g/mol. The summed E-state index contributed by atoms with van der Waals surface area (Å²) in [6.45, 7) is 0. The van der Waals surface area contributed by atoms with Crippen molar-refractivity contribution in [2.24, 2.45) is 4.99 Å². The zero-order chi connectivity index (χ0) is 14.5. The SMILES string of the molecule is COc1cccc(/C=N\c2ccc(C(=O)O)cc2)c1O. The van der Waals surface area contributed by atoms with Crippen LogP contribution in [0.5, 0.6) is 11.5 Å². The van der Waals surface area contributed by atoms with E-state index >= 15 is 0 Å². The predicted molar refractivity (Wildman–Crippen MR) is 75.3 cm³/mol. The van der Waals surface area contributed by atoms with Crippen molar-refractivity contribution in [1.29, 1.82) is 0 Å². The molecule has 0 saturated carbocycles. The molecule has 5 heteroatoms. The van der Waals surface area contributed by atoms with Crippen molar-refractivity contribution in [2.45, 2.75) is 0 Å². The minimum Gasteiger partial charge on any atom is -0.504 e. The highest BCUT2D eigenvalue weighted by Gasteiger charge is 2.05. The number of nitrogens with zero attached hydrogens (tertiary/aromatic N) is 1. The molecule has 102 valence electrons. The van der Waals surface area contributed by atoms with Gasteiger partial charge in [0, 0.05) is 11.8 Å². The summed E-state index contributed by atoms with van der Waals surface area (Å²) in [5.74, 6) is -0.595. The number of methoxy groups -OCH3 is 1. The summed E-state index contributed by atoms with van der Waals surface area (Å²) in [4.78, 5) is 14.9. The number of aromatic carboxylic acids is 1. The number of rotatable bonds is 4. The van der Waals surface area contributed by atoms with E-state index in [1.165, 1.54) is 25.5 Å². The fraction of sp³-hybridized carbons (Fsp3) is 0.0667. The zero-order valence-corrected chi connectivity index (χ0v) is 10.8. The molecule has 0 unspecified atom stereocenters. The van der Waals surface area contributed by atoms with E-state index in [1.807, 2.05) is 0 Å². The Bertz CT molecular complexity index is 647. The van der Waals surface area contributed by atoms with E-state index in [0.29, 0.717) is 17.0 Å². The molecule has 0 saturated heterocycles. The lowest BCUT2D eigenvalue weighted by molar-refractivity contribution is 0.0697. The molecule has 20 heavy (non-hydrogen) atoms. The quantitative estimate of drug-likeness (QED) is 0.838. The van der Waals surface area contributed by atoms with Crippen LogP contribution in [0.1, 0.15) is 15.9 Å². The molecule has 0 aliphatic heterocycles. The summed E-state index contributed by atoms with van der Waals surface area (Å²) >= 11 is 0. The number of ether oxygens (including phenoxy) is 1. The van der Waals surface area contributed by atoms with E-state index in [-0.39, 0.29) is 11.3 Å². The van der Waals surface area contributed by atoms with Crippen LogP contribution in [-0.2, 0) is 0 Å². The van der Waals surface area contributed by atoms with E-state index in [0.717, 1.165) is 0 Å². The van der Waals surface area contributed by atoms with Crippen molar-refractivity contribution >= 4 is 17.9 Å². The molecule has 0 spiro atoms. The number of carbonyl (C=O) groups is 1. The van der Waals surface area contributed by atoms with Crippen molar-refractivity contribution in [3.63, 3.8) is 0 Å². The molecule has 0 amide bonds. The third-order valence-corrected chi connectivity index (χ3v) is 2.72. The van der Waals surface area contributed by atoms with E-state index in [4.69, 9.17) is 9.84 Å². The van der Waals surface area contributed by atoms with Crippen LogP contribution in [0.4, 0.5) is 5.69 Å². The minimum absolute atomic E-state index is 0.0147. The molecule has 2 N–H and O–H groups in total. The zero-order valence-electron chi connectivity index (χ0n) is 10.8. The number of carboxylic acids is 1. The number of hydrogen-bond acceptors (Lipinski definition) is 4. The summed E-state index contributed by atoms with van der Waals surface area (Å²) in [7, 11) is 1.47. The van der Waals surface area contributed by atoms with Crippen LogP contribution < -0.4 is 4.74 Å². The van der Waals surface area contributed by atoms with Crippen LogP contribution in [0.25, 0.3) is 0 Å². The number of phenols is 1. The average Bonchev–Trinajstić information content (AvgIpc) is 2.46. The first-order chi connectivity index (χ1) is 9.61. The number of aliphatic imine (C=N–C) groups is 1. The van der Waals surface area contributed by atoms with Crippen LogP contribution in [0.2, 0.25) is 0 Å². The van der Waals surface area contributed by atoms with Gasteiger partial charge in [-0.15, -0.1) is 0 Å². The number of para-hydroxylation sites is 1. The van der Waals surface area contributed by atoms with E-state index < -0.39 is 5.97 Å². The number of aromatic hydroxyl groups is 1. The number of benzene rings is 2. The van der Waals surface area contributed by atoms with Crippen molar-refractivity contribution in [1.82, 2.24) is 0 Å². The Morgan fingerprint density at radius 3 is 2.50 bits per heavy atom. The standard InChI is InChI=1S/C15H13NO4/c1-20-13-4-2-3-11(14(13)17)9-16-12-7-5-10(6-8-12)15(18)19/h2-9,17H,1H3,(H,18,19)/b16-9-. The molecule has 0 aromatic heterocycles. The smallest absolute Gasteiger partial charge is 0.335 e. The summed E-state index contributed by atoms with van der Waals surface area (Å²) in [5.41, 5.74) is 1.32. The Labute approximate surface area is 115 Å². The van der Waals surface area contributed by atoms with Gasteiger partial charge in [0.05, 0.1) is 18.4 Å². The fourth-order valence-electron chi connectivity index (χ4n) is 1.64. The third kappa shape index (κ3) is 2.95. The van der Waals surface area contributed by atoms with E-state index in [1.54, 1.807) is 30.3 Å². The molecule has 0 bridgehead atoms. The fourth-order valence-corrected chi connectivity index (χ4v) is 1.64. The van der Waals surface area contributed by atoms with Crippen molar-refractivity contribution in [2.75, 3.05) is 7.11 Å². The number of phenolic OH excluding ortho intramolecular Hbond substituents is 1. The van der Waals surface area contributed by atoms with Gasteiger partial charge in [-0.1, -0.05) is 6.07 Å². The normalized spacial score (nSPS) is 10.7. The van der Waals surface area contributed by atoms with Crippen LogP contribution in [0.15, 0.2) is 47.5 Å². The second-order valence-corrected chi connectivity index (χ2v) is 4.01. The monoisotopic (exact) mass is 271 g/mol. The number of carboxylic acid groups (broad SMARTS) is 1. The Morgan fingerprint density at radius 2 is 1.90 bits per heavy atom. The minimum atomic E-state index is -0.981. The van der Waals surface area contributed by atoms with Crippen LogP contribution in [-0.4, -0.2) is 29.5 Å². The lowest BCUT2D eigenvalue weighted by Gasteiger charge is -2.04. The lowest BCUT2D eigenvalue weighted by Crippen LogP contribution is -1.94. The summed E-state index contributed by atoms with van der Waals surface area (Å²) < 4.78 is 5.00. The molecule has 2 aromatic carbocycles. The van der Waals surface area contributed by atoms with Gasteiger partial charge >= 0.3 is 5.97 Å². The maximum atomic E-state index is 10.7. The van der Waals surface area contributed by atoms with Crippen LogP contribution >= 0.6 is 0 Å². The first-order valence-electron chi connectivity index (χ1n) is 5.85. The first kappa shape index (κ1) is 13.6. The van der Waals surface area contributed by atoms with Gasteiger partial charge in [-0.3, -0.25) is 4.99 Å². The van der Waals surface area contributed by atoms with Gasteiger partial charge < -0.3 is 14.9 Å². The van der Waals surface area contributed by atoms with Crippen LogP contribution in [0, 0.1) is 0 Å². The van der Waals surface area contributed by atoms with Crippen molar-refractivity contribution < 1.29 is 19.7 Å². The maximum absolute atomic E-state index is 10.7. The van der Waals surface area contributed by atoms with Gasteiger partial charge in [0.15, 0.2) is 11.5 Å². The molecule has 0 heterocycles. The molecule has 2 rings (SSSR count). The van der Waals surface area contributed by atoms with E-state index in [2.05, 4.69) is 4.99 Å². The Kier molecular flexibility index (Phi) is 4.00. The second kappa shape index (κ2) is 5.88. The Balaban J connectivity index is 2.23. The van der Waals surface area contributed by atoms with Crippen molar-refractivity contribution in [3.05, 3.63) is 53.6 Å². The number of hydrogen-bond donors (Lipinski definition) is 2. The molecule has 0 radical (unpaired) electrons. The molecule has 0 aliphatic rings. The summed E-state index contributed by atoms with van der Waals surface area (Å²) in [6, 6.07) is 11.2. The molecule has 2 aromatic rings. The highest BCUT2D eigenvalue weighted by Crippen LogP contribution is 2.28. The summed E-state index contributed by atoms with van der Waals surface area (Å²) in [6.07, 6.45) is 1.49. The molecule has 5 nitrogen and oxygen atoms in total. The van der Waals surface area contributed by atoms with Gasteiger partial charge in [-0.2, -0.15) is 0 Å². The summed E-state index contributed by atoms with van der Waals surface area (Å²) in [5, 5.41) is 18.7. The van der Waals surface area contributed by atoms with Gasteiger partial charge in [-0.05, 0) is 36.4 Å². The molecular formula is C15H13NO4. The molecule has 0 aliphatic carbocycles. The van der Waals surface area contributed by atoms with Crippen LogP contribution in [0.3, 0.4) is 0 Å². The molecule has 0 fully saturated rings. The Hall–Kier alpha value is -2.82. The maximum Gasteiger partial charge on any atom is 0.335 e. The van der Waals surface area contributed by atoms with E-state index in [9.17, 15) is 9.90 Å². The molecule has 0 atom stereocenters. The largest absolute Gasteiger partial charge is 0.504 e.